The van der Waals surface area contributed by atoms with Gasteiger partial charge in [0.25, 0.3) is 0 Å². The van der Waals surface area contributed by atoms with Gasteiger partial charge in [-0.15, -0.1) is 0 Å². The third-order valence-corrected chi connectivity index (χ3v) is 2.32. The van der Waals surface area contributed by atoms with E-state index < -0.39 is 0 Å². The Bertz CT molecular complexity index is 526. The van der Waals surface area contributed by atoms with Crippen LogP contribution in [-0.2, 0) is 13.5 Å². The van der Waals surface area contributed by atoms with Gasteiger partial charge in [0.05, 0.1) is 5.69 Å². The predicted octanol–water partition coefficient (Wildman–Crippen LogP) is 0.528. The van der Waals surface area contributed by atoms with Crippen LogP contribution >= 0.6 is 0 Å². The lowest BCUT2D eigenvalue weighted by molar-refractivity contribution is 0.692. The van der Waals surface area contributed by atoms with Gasteiger partial charge in [-0.3, -0.25) is 0 Å². The van der Waals surface area contributed by atoms with E-state index in [-0.39, 0.29) is 5.69 Å². The minimum Gasteiger partial charge on any atom is -0.244 e. The molecule has 0 aliphatic carbocycles. The second-order valence-corrected chi connectivity index (χ2v) is 3.28. The van der Waals surface area contributed by atoms with Gasteiger partial charge in [-0.25, -0.2) is 4.79 Å². The van der Waals surface area contributed by atoms with E-state index in [1.54, 1.807) is 7.05 Å². The first-order chi connectivity index (χ1) is 7.24. The Hall–Kier alpha value is -1.91. The minimum absolute atomic E-state index is 0.226. The maximum absolute atomic E-state index is 11.6. The number of benzene rings is 1. The van der Waals surface area contributed by atoms with E-state index in [1.807, 2.05) is 31.2 Å². The van der Waals surface area contributed by atoms with Gasteiger partial charge in [0, 0.05) is 7.05 Å². The van der Waals surface area contributed by atoms with Crippen molar-refractivity contribution < 1.29 is 0 Å². The molecule has 0 bridgehead atoms. The summed E-state index contributed by atoms with van der Waals surface area (Å²) < 4.78 is 2.53. The molecule has 0 N–H and O–H groups in total. The van der Waals surface area contributed by atoms with Crippen molar-refractivity contribution in [3.8, 4) is 5.69 Å². The lowest BCUT2D eigenvalue weighted by Gasteiger charge is -2.04. The van der Waals surface area contributed by atoms with Crippen LogP contribution in [0.15, 0.2) is 29.1 Å². The highest BCUT2D eigenvalue weighted by Crippen LogP contribution is 2.11. The minimum atomic E-state index is -0.226. The molecule has 0 unspecified atom stereocenters. The molecular weight excluding hydrogens is 192 g/mol. The fourth-order valence-electron chi connectivity index (χ4n) is 1.48. The first-order valence-corrected chi connectivity index (χ1v) is 4.81. The van der Waals surface area contributed by atoms with Crippen LogP contribution in [0.2, 0.25) is 0 Å². The first-order valence-electron chi connectivity index (χ1n) is 4.81. The van der Waals surface area contributed by atoms with Crippen molar-refractivity contribution in [1.29, 1.82) is 0 Å². The summed E-state index contributed by atoms with van der Waals surface area (Å²) >= 11 is 0. The number of tetrazole rings is 1. The van der Waals surface area contributed by atoms with E-state index in [9.17, 15) is 4.79 Å². The second-order valence-electron chi connectivity index (χ2n) is 3.28. The van der Waals surface area contributed by atoms with Crippen LogP contribution in [0.3, 0.4) is 0 Å². The molecule has 2 aromatic rings. The first kappa shape index (κ1) is 9.64. The van der Waals surface area contributed by atoms with Crippen LogP contribution in [0.5, 0.6) is 0 Å². The molecular formula is C10H12N4O. The molecule has 0 aliphatic rings. The summed E-state index contributed by atoms with van der Waals surface area (Å²) in [4.78, 5) is 11.6. The molecule has 0 radical (unpaired) electrons. The van der Waals surface area contributed by atoms with Gasteiger partial charge in [-0.05, 0) is 28.5 Å². The van der Waals surface area contributed by atoms with E-state index in [1.165, 1.54) is 9.36 Å². The molecule has 0 atom stereocenters. The van der Waals surface area contributed by atoms with Crippen LogP contribution in [0.4, 0.5) is 0 Å². The van der Waals surface area contributed by atoms with E-state index in [0.29, 0.717) is 0 Å². The maximum Gasteiger partial charge on any atom is 0.368 e. The smallest absolute Gasteiger partial charge is 0.244 e. The quantitative estimate of drug-likeness (QED) is 0.717. The predicted molar refractivity (Wildman–Crippen MR) is 56.0 cm³/mol. The van der Waals surface area contributed by atoms with Gasteiger partial charge >= 0.3 is 5.69 Å². The summed E-state index contributed by atoms with van der Waals surface area (Å²) in [6.07, 6.45) is 0.860. The Morgan fingerprint density at radius 2 is 2.00 bits per heavy atom. The van der Waals surface area contributed by atoms with Gasteiger partial charge in [0.2, 0.25) is 0 Å². The van der Waals surface area contributed by atoms with Crippen LogP contribution < -0.4 is 5.69 Å². The van der Waals surface area contributed by atoms with E-state index in [0.717, 1.165) is 17.7 Å². The Balaban J connectivity index is 2.64. The molecule has 15 heavy (non-hydrogen) atoms. The monoisotopic (exact) mass is 204 g/mol. The number of aryl methyl sites for hydroxylation is 2. The summed E-state index contributed by atoms with van der Waals surface area (Å²) in [6.45, 7) is 2.04. The molecule has 1 aromatic carbocycles. The maximum atomic E-state index is 11.6. The van der Waals surface area contributed by atoms with Gasteiger partial charge < -0.3 is 0 Å². The largest absolute Gasteiger partial charge is 0.368 e. The highest BCUT2D eigenvalue weighted by Gasteiger charge is 2.08. The number of hydrogen-bond donors (Lipinski definition) is 0. The van der Waals surface area contributed by atoms with Gasteiger partial charge in [0.15, 0.2) is 0 Å². The van der Waals surface area contributed by atoms with Gasteiger partial charge in [0.1, 0.15) is 0 Å². The van der Waals surface area contributed by atoms with E-state index >= 15 is 0 Å². The summed E-state index contributed by atoms with van der Waals surface area (Å²) in [5, 5.41) is 7.50. The molecule has 5 heteroatoms. The van der Waals surface area contributed by atoms with Crippen molar-refractivity contribution in [3.63, 3.8) is 0 Å². The molecule has 0 aliphatic heterocycles. The molecule has 0 saturated heterocycles. The van der Waals surface area contributed by atoms with Crippen LogP contribution in [0.1, 0.15) is 12.5 Å². The average molecular weight is 204 g/mol. The normalized spacial score (nSPS) is 10.5. The average Bonchev–Trinajstić information content (AvgIpc) is 2.60. The third-order valence-electron chi connectivity index (χ3n) is 2.32. The number of para-hydroxylation sites is 1. The zero-order chi connectivity index (χ0) is 10.8. The van der Waals surface area contributed by atoms with Crippen molar-refractivity contribution >= 4 is 0 Å². The SMILES string of the molecule is CCc1ccccc1-n1nnn(C)c1=O. The summed E-state index contributed by atoms with van der Waals surface area (Å²) in [5.74, 6) is 0. The molecule has 0 amide bonds. The molecule has 0 fully saturated rings. The van der Waals surface area contributed by atoms with Crippen molar-refractivity contribution in [3.05, 3.63) is 40.3 Å². The highest BCUT2D eigenvalue weighted by atomic mass is 16.2. The van der Waals surface area contributed by atoms with Crippen molar-refractivity contribution in [2.75, 3.05) is 0 Å². The summed E-state index contributed by atoms with van der Waals surface area (Å²) in [7, 11) is 1.58. The summed E-state index contributed by atoms with van der Waals surface area (Å²) in [5.41, 5.74) is 1.66. The van der Waals surface area contributed by atoms with E-state index in [4.69, 9.17) is 0 Å². The summed E-state index contributed by atoms with van der Waals surface area (Å²) in [6, 6.07) is 7.69. The highest BCUT2D eigenvalue weighted by molar-refractivity contribution is 5.39. The molecule has 1 heterocycles. The fraction of sp³-hybridized carbons (Fsp3) is 0.300. The Morgan fingerprint density at radius 1 is 1.27 bits per heavy atom. The van der Waals surface area contributed by atoms with Crippen molar-refractivity contribution in [2.24, 2.45) is 7.05 Å². The second kappa shape index (κ2) is 3.68. The van der Waals surface area contributed by atoms with Crippen LogP contribution in [-0.4, -0.2) is 19.8 Å². The number of rotatable bonds is 2. The molecule has 5 nitrogen and oxygen atoms in total. The van der Waals surface area contributed by atoms with E-state index in [2.05, 4.69) is 10.4 Å². The zero-order valence-electron chi connectivity index (χ0n) is 8.71. The van der Waals surface area contributed by atoms with Crippen molar-refractivity contribution in [2.45, 2.75) is 13.3 Å². The fourth-order valence-corrected chi connectivity index (χ4v) is 1.48. The lowest BCUT2D eigenvalue weighted by Crippen LogP contribution is -2.22. The Kier molecular flexibility index (Phi) is 2.37. The number of nitrogens with zero attached hydrogens (tertiary/aromatic N) is 4. The number of hydrogen-bond acceptors (Lipinski definition) is 3. The molecule has 78 valence electrons. The topological polar surface area (TPSA) is 52.7 Å². The molecule has 0 spiro atoms. The van der Waals surface area contributed by atoms with Crippen LogP contribution in [0, 0.1) is 0 Å². The Labute approximate surface area is 86.9 Å². The zero-order valence-corrected chi connectivity index (χ0v) is 8.71. The van der Waals surface area contributed by atoms with Gasteiger partial charge in [-0.2, -0.15) is 9.36 Å². The van der Waals surface area contributed by atoms with Crippen molar-refractivity contribution in [1.82, 2.24) is 19.8 Å². The van der Waals surface area contributed by atoms with Crippen LogP contribution in [0.25, 0.3) is 5.69 Å². The van der Waals surface area contributed by atoms with Gasteiger partial charge in [-0.1, -0.05) is 25.1 Å². The Morgan fingerprint density at radius 3 is 2.60 bits per heavy atom. The number of aromatic nitrogens is 4. The lowest BCUT2D eigenvalue weighted by atomic mass is 10.1. The molecule has 2 rings (SSSR count). The molecule has 1 aromatic heterocycles. The standard InChI is InChI=1S/C10H12N4O/c1-3-8-6-4-5-7-9(8)14-10(15)13(2)11-12-14/h4-7H,3H2,1-2H3. The molecule has 0 saturated carbocycles. The third kappa shape index (κ3) is 1.56.